The van der Waals surface area contributed by atoms with E-state index in [1.165, 1.54) is 38.9 Å². The maximum absolute atomic E-state index is 9.19. The Morgan fingerprint density at radius 1 is 0.437 bits per heavy atom. The molecule has 0 saturated carbocycles. The molecule has 7 aromatic carbocycles. The lowest BCUT2D eigenvalue weighted by Crippen LogP contribution is -2.05. The van der Waals surface area contributed by atoms with E-state index in [4.69, 9.17) is 20.1 Å². The molecule has 1 aliphatic rings. The van der Waals surface area contributed by atoms with Crippen LogP contribution in [0.2, 0.25) is 0 Å². The van der Waals surface area contributed by atoms with Gasteiger partial charge in [0.25, 0.3) is 0 Å². The van der Waals surface area contributed by atoms with Gasteiger partial charge >= 0.3 is 0 Å². The third-order valence-electron chi connectivity index (χ3n) is 8.61. The highest BCUT2D eigenvalue weighted by atomic mass is 16.5. The van der Waals surface area contributed by atoms with E-state index >= 15 is 0 Å². The number of para-hydroxylation sites is 2. The Balaban J connectivity index is -0.000000232. The number of hydrogen-bond donors (Lipinski definition) is 4. The molecule has 0 spiro atoms. The molecule has 7 aromatic rings. The number of aliphatic hydroxyl groups is 2. The highest BCUT2D eigenvalue weighted by Gasteiger charge is 2.17. The van der Waals surface area contributed by atoms with Crippen molar-refractivity contribution in [1.82, 2.24) is 0 Å². The minimum Gasteiger partial charge on any atom is -0.508 e. The summed E-state index contributed by atoms with van der Waals surface area (Å²) in [5.74, 6) is 1.74. The first-order valence-corrected chi connectivity index (χ1v) is 25.0. The molecule has 0 aliphatic carbocycles. The van der Waals surface area contributed by atoms with Gasteiger partial charge in [-0.25, -0.2) is 0 Å². The first-order valence-electron chi connectivity index (χ1n) is 25.0. The predicted molar refractivity (Wildman–Crippen MR) is 315 cm³/mol. The van der Waals surface area contributed by atoms with Crippen molar-refractivity contribution in [1.29, 1.82) is 0 Å². The summed E-state index contributed by atoms with van der Waals surface area (Å²) in [7, 11) is 2.00. The van der Waals surface area contributed by atoms with Gasteiger partial charge in [0.05, 0.1) is 0 Å². The van der Waals surface area contributed by atoms with Gasteiger partial charge in [-0.2, -0.15) is 0 Å². The lowest BCUT2D eigenvalue weighted by molar-refractivity contribution is 0.254. The fourth-order valence-electron chi connectivity index (χ4n) is 5.42. The first kappa shape index (κ1) is 73.3. The largest absolute Gasteiger partial charge is 0.508 e. The zero-order valence-corrected chi connectivity index (χ0v) is 46.9. The second kappa shape index (κ2) is 55.9. The monoisotopic (exact) mass is 969 g/mol. The Morgan fingerprint density at radius 3 is 1.10 bits per heavy atom. The summed E-state index contributed by atoms with van der Waals surface area (Å²) in [6.07, 6.45) is 6.85. The van der Waals surface area contributed by atoms with E-state index in [-0.39, 0.29) is 0 Å². The number of hydrogen-bond acceptors (Lipinski definition) is 5. The van der Waals surface area contributed by atoms with Crippen LogP contribution in [0.3, 0.4) is 0 Å². The molecule has 0 radical (unpaired) electrons. The fraction of sp³-hybridized carbons (Fsp3) is 0.303. The number of aromatic hydroxyl groups is 2. The van der Waals surface area contributed by atoms with Crippen LogP contribution < -0.4 is 4.74 Å². The number of benzene rings is 7. The van der Waals surface area contributed by atoms with E-state index in [1.54, 1.807) is 36.4 Å². The minimum absolute atomic E-state index is 0.322. The number of allylic oxidation sites excluding steroid dienone is 2. The van der Waals surface area contributed by atoms with Gasteiger partial charge in [-0.15, -0.1) is 13.2 Å². The van der Waals surface area contributed by atoms with Crippen molar-refractivity contribution in [2.24, 2.45) is 0 Å². The molecule has 4 N–H and O–H groups in total. The average molecular weight is 969 g/mol. The first-order chi connectivity index (χ1) is 34.5. The summed E-state index contributed by atoms with van der Waals surface area (Å²) in [6.45, 7) is 35.9. The third-order valence-corrected chi connectivity index (χ3v) is 8.61. The van der Waals surface area contributed by atoms with Crippen molar-refractivity contribution >= 4 is 0 Å². The second-order valence-corrected chi connectivity index (χ2v) is 14.1. The van der Waals surface area contributed by atoms with Crippen LogP contribution in [0.1, 0.15) is 107 Å². The molecular formula is C66H96O5. The van der Waals surface area contributed by atoms with E-state index in [2.05, 4.69) is 134 Å². The van der Waals surface area contributed by atoms with Crippen molar-refractivity contribution in [2.45, 2.75) is 122 Å². The van der Waals surface area contributed by atoms with Crippen LogP contribution in [0.25, 0.3) is 0 Å². The van der Waals surface area contributed by atoms with Crippen molar-refractivity contribution in [3.63, 3.8) is 0 Å². The Bertz CT molecular complexity index is 1930. The van der Waals surface area contributed by atoms with Crippen molar-refractivity contribution in [2.75, 3.05) is 14.2 Å². The number of rotatable bonds is 4. The Labute approximate surface area is 435 Å². The summed E-state index contributed by atoms with van der Waals surface area (Å²) in [4.78, 5) is 0. The SMILES string of the molecule is C=CCc1ccccc1C.C=CCc1ccccc1O.CC.CC.CC.CC.CO.CO.Cc1ccc2c(c1)CC(C)O2.Cc1ccccc1.Cc1ccccc1.Cc1ccccc1.Oc1ccccc1. The lowest BCUT2D eigenvalue weighted by Gasteiger charge is -2.01. The minimum atomic E-state index is 0.322. The van der Waals surface area contributed by atoms with E-state index in [0.29, 0.717) is 17.6 Å². The summed E-state index contributed by atoms with van der Waals surface area (Å²) in [5.41, 5.74) is 10.3. The zero-order chi connectivity index (χ0) is 55.1. The molecular weight excluding hydrogens is 873 g/mol. The van der Waals surface area contributed by atoms with E-state index in [1.807, 2.05) is 140 Å². The average Bonchev–Trinajstić information content (AvgIpc) is 3.80. The van der Waals surface area contributed by atoms with Gasteiger partial charge in [-0.1, -0.05) is 254 Å². The van der Waals surface area contributed by atoms with E-state index < -0.39 is 0 Å². The molecule has 8 rings (SSSR count). The maximum atomic E-state index is 9.19. The van der Waals surface area contributed by atoms with Crippen LogP contribution in [0.4, 0.5) is 0 Å². The predicted octanol–water partition coefficient (Wildman–Crippen LogP) is 17.9. The van der Waals surface area contributed by atoms with Gasteiger partial charge in [0.2, 0.25) is 0 Å². The summed E-state index contributed by atoms with van der Waals surface area (Å²) < 4.78 is 5.56. The second-order valence-electron chi connectivity index (χ2n) is 14.1. The molecule has 0 saturated heterocycles. The highest BCUT2D eigenvalue weighted by molar-refractivity contribution is 5.40. The standard InChI is InChI=1S/C10H12O.C10H12.C9H10O.3C7H8.C6H6O.4C2H6.2CH4O/c1-7-3-4-10-9(5-7)6-8(2)11-10;1-3-6-10-8-5-4-7-9(10)2;1-2-5-8-6-3-4-7-9(8)10;3*1-7-5-3-2-4-6-7;7-6-4-2-1-3-5-6;6*1-2/h3-5,8H,6H2,1-2H3;3-5,7-8H,1,6H2,2H3;2-4,6-7,10H,1,5H2;3*2-6H,1H3;1-5,7H;4*1-2H3;2*2H,1H3. The highest BCUT2D eigenvalue weighted by Crippen LogP contribution is 2.29. The number of phenols is 2. The van der Waals surface area contributed by atoms with Gasteiger partial charge in [0.1, 0.15) is 23.4 Å². The number of fused-ring (bicyclic) bond motifs is 1. The van der Waals surface area contributed by atoms with Crippen LogP contribution in [0.5, 0.6) is 17.2 Å². The summed E-state index contributed by atoms with van der Waals surface area (Å²) in [5, 5.41) is 31.8. The molecule has 71 heavy (non-hydrogen) atoms. The number of aliphatic hydroxyl groups excluding tert-OH is 2. The Morgan fingerprint density at radius 2 is 0.775 bits per heavy atom. The molecule has 0 aromatic heterocycles. The van der Waals surface area contributed by atoms with Gasteiger partial charge in [0.15, 0.2) is 0 Å². The zero-order valence-electron chi connectivity index (χ0n) is 46.9. The Hall–Kier alpha value is -6.66. The van der Waals surface area contributed by atoms with Crippen molar-refractivity contribution in [3.8, 4) is 17.2 Å². The quantitative estimate of drug-likeness (QED) is 0.132. The molecule has 5 heteroatoms. The summed E-state index contributed by atoms with van der Waals surface area (Å²) in [6, 6.07) is 61.5. The number of phenolic OH excluding ortho intramolecular Hbond substituents is 2. The van der Waals surface area contributed by atoms with Crippen molar-refractivity contribution < 1.29 is 25.2 Å². The van der Waals surface area contributed by atoms with Crippen LogP contribution >= 0.6 is 0 Å². The summed E-state index contributed by atoms with van der Waals surface area (Å²) >= 11 is 0. The van der Waals surface area contributed by atoms with E-state index in [0.717, 1.165) is 44.8 Å². The molecule has 0 fully saturated rings. The molecule has 0 bridgehead atoms. The van der Waals surface area contributed by atoms with Crippen LogP contribution in [-0.2, 0) is 19.3 Å². The van der Waals surface area contributed by atoms with Gasteiger partial charge in [-0.3, -0.25) is 0 Å². The molecule has 1 aliphatic heterocycles. The van der Waals surface area contributed by atoms with Crippen LogP contribution in [-0.4, -0.2) is 40.7 Å². The van der Waals surface area contributed by atoms with Crippen LogP contribution in [0, 0.1) is 34.6 Å². The molecule has 5 nitrogen and oxygen atoms in total. The van der Waals surface area contributed by atoms with Gasteiger partial charge < -0.3 is 25.2 Å². The molecule has 0 amide bonds. The lowest BCUT2D eigenvalue weighted by atomic mass is 10.1. The fourth-order valence-corrected chi connectivity index (χ4v) is 5.42. The third kappa shape index (κ3) is 43.1. The van der Waals surface area contributed by atoms with Crippen molar-refractivity contribution in [3.05, 3.63) is 258 Å². The van der Waals surface area contributed by atoms with Crippen LogP contribution in [0.15, 0.2) is 213 Å². The number of ether oxygens (including phenoxy) is 1. The maximum Gasteiger partial charge on any atom is 0.123 e. The number of aryl methyl sites for hydroxylation is 5. The molecule has 390 valence electrons. The topological polar surface area (TPSA) is 90.2 Å². The van der Waals surface area contributed by atoms with Gasteiger partial charge in [0, 0.05) is 20.6 Å². The molecule has 1 heterocycles. The Kier molecular flexibility index (Phi) is 57.7. The molecule has 1 atom stereocenters. The van der Waals surface area contributed by atoms with Gasteiger partial charge in [-0.05, 0) is 101 Å². The molecule has 1 unspecified atom stereocenters. The normalized spacial score (nSPS) is 9.80. The smallest absolute Gasteiger partial charge is 0.123 e. The van der Waals surface area contributed by atoms with E-state index in [9.17, 15) is 5.11 Å².